The number of halogens is 1. The Morgan fingerprint density at radius 2 is 2.09 bits per heavy atom. The van der Waals surface area contributed by atoms with Crippen molar-refractivity contribution in [2.75, 3.05) is 26.3 Å². The zero-order chi connectivity index (χ0) is 22.8. The summed E-state index contributed by atoms with van der Waals surface area (Å²) in [6.07, 6.45) is 0.719. The Balaban J connectivity index is 0.00000363. The van der Waals surface area contributed by atoms with E-state index in [4.69, 9.17) is 14.2 Å². The first-order valence-electron chi connectivity index (χ1n) is 9.75. The number of aryl methyl sites for hydroxylation is 1. The van der Waals surface area contributed by atoms with Gasteiger partial charge in [0, 0.05) is 36.5 Å². The molecule has 11 heteroatoms. The van der Waals surface area contributed by atoms with Crippen LogP contribution in [0.15, 0.2) is 18.3 Å². The summed E-state index contributed by atoms with van der Waals surface area (Å²) in [5.74, 6) is -2.08. The van der Waals surface area contributed by atoms with Gasteiger partial charge in [-0.15, -0.1) is 11.3 Å². The summed E-state index contributed by atoms with van der Waals surface area (Å²) < 4.78 is 31.5. The maximum atomic E-state index is 14.7. The molecule has 0 spiro atoms. The summed E-state index contributed by atoms with van der Waals surface area (Å²) in [5.41, 5.74) is -1.04. The smallest absolute Gasteiger partial charge is 0.410 e. The topological polar surface area (TPSA) is 98.2 Å². The quantitative estimate of drug-likeness (QED) is 0.683. The van der Waals surface area contributed by atoms with Crippen LogP contribution in [0.1, 0.15) is 36.0 Å². The van der Waals surface area contributed by atoms with E-state index in [0.29, 0.717) is 18.2 Å². The van der Waals surface area contributed by atoms with Crippen LogP contribution in [0.25, 0.3) is 10.6 Å². The third-order valence-electron chi connectivity index (χ3n) is 4.35. The van der Waals surface area contributed by atoms with Crippen molar-refractivity contribution >= 4 is 42.3 Å². The minimum atomic E-state index is -1.40. The van der Waals surface area contributed by atoms with Gasteiger partial charge in [0.2, 0.25) is 0 Å². The monoisotopic (exact) mass is 459 g/mol. The number of aromatic carboxylic acids is 1. The summed E-state index contributed by atoms with van der Waals surface area (Å²) in [6.45, 7) is 8.25. The Morgan fingerprint density at radius 3 is 2.69 bits per heavy atom. The number of carbonyl (C=O) groups is 2. The standard InChI is InChI=1S/C21H25FN2O6S.Li/c1-12-9-23-18(31-12)15-7-13(8-16(17(15)22)19(25)26)29-11-14-10-24(5-6-28-14)20(27)30-21(2,3)4;/h7-9,14H,5-6,10-11H2,1-4H3,(H,25,26);/t14-;/m1./s1. The second-order valence-electron chi connectivity index (χ2n) is 8.14. The Hall–Kier alpha value is -2.12. The van der Waals surface area contributed by atoms with Crippen LogP contribution in [0.3, 0.4) is 0 Å². The molecule has 1 aromatic heterocycles. The van der Waals surface area contributed by atoms with E-state index in [0.717, 1.165) is 10.9 Å². The molecule has 8 nitrogen and oxygen atoms in total. The minimum absolute atomic E-state index is 0. The fraction of sp³-hybridized carbons (Fsp3) is 0.476. The fourth-order valence-corrected chi connectivity index (χ4v) is 3.75. The van der Waals surface area contributed by atoms with Gasteiger partial charge in [0.15, 0.2) is 0 Å². The summed E-state index contributed by atoms with van der Waals surface area (Å²) in [4.78, 5) is 30.4. The summed E-state index contributed by atoms with van der Waals surface area (Å²) in [6, 6.07) is 2.56. The van der Waals surface area contributed by atoms with Crippen LogP contribution in [-0.4, -0.2) is 83.9 Å². The molecule has 0 aliphatic carbocycles. The van der Waals surface area contributed by atoms with E-state index in [-0.39, 0.29) is 43.3 Å². The van der Waals surface area contributed by atoms with E-state index < -0.39 is 35.1 Å². The predicted molar refractivity (Wildman–Crippen MR) is 118 cm³/mol. The van der Waals surface area contributed by atoms with Crippen molar-refractivity contribution in [2.45, 2.75) is 39.4 Å². The van der Waals surface area contributed by atoms with Crippen LogP contribution >= 0.6 is 11.3 Å². The number of morpholine rings is 1. The van der Waals surface area contributed by atoms with Crippen molar-refractivity contribution < 1.29 is 33.3 Å². The largest absolute Gasteiger partial charge is 0.491 e. The number of aromatic nitrogens is 1. The number of carboxylic acid groups (broad SMARTS) is 1. The number of nitrogens with zero attached hydrogens (tertiary/aromatic N) is 2. The molecular weight excluding hydrogens is 434 g/mol. The third-order valence-corrected chi connectivity index (χ3v) is 5.30. The van der Waals surface area contributed by atoms with Crippen molar-refractivity contribution in [1.82, 2.24) is 9.88 Å². The zero-order valence-corrected chi connectivity index (χ0v) is 19.6. The molecule has 1 aliphatic heterocycles. The summed E-state index contributed by atoms with van der Waals surface area (Å²) >= 11 is 1.26. The van der Waals surface area contributed by atoms with Gasteiger partial charge >= 0.3 is 12.1 Å². The number of rotatable bonds is 5. The average Bonchev–Trinajstić information content (AvgIpc) is 3.12. The van der Waals surface area contributed by atoms with Crippen molar-refractivity contribution in [3.8, 4) is 16.3 Å². The number of amides is 1. The number of hydrogen-bond acceptors (Lipinski definition) is 7. The Kier molecular flexibility index (Phi) is 8.71. The maximum Gasteiger partial charge on any atom is 0.410 e. The first kappa shape index (κ1) is 26.1. The van der Waals surface area contributed by atoms with E-state index in [9.17, 15) is 19.1 Å². The van der Waals surface area contributed by atoms with Crippen LogP contribution in [0, 0.1) is 12.7 Å². The minimum Gasteiger partial charge on any atom is -0.491 e. The Bertz CT molecular complexity index is 978. The normalized spacial score (nSPS) is 16.3. The Labute approximate surface area is 201 Å². The molecule has 32 heavy (non-hydrogen) atoms. The molecule has 2 aromatic rings. The zero-order valence-electron chi connectivity index (χ0n) is 18.8. The Morgan fingerprint density at radius 1 is 1.38 bits per heavy atom. The van der Waals surface area contributed by atoms with E-state index in [1.54, 1.807) is 31.9 Å². The number of hydrogen-bond donors (Lipinski definition) is 1. The van der Waals surface area contributed by atoms with Gasteiger partial charge in [0.05, 0.1) is 24.3 Å². The second-order valence-corrected chi connectivity index (χ2v) is 9.38. The first-order valence-corrected chi connectivity index (χ1v) is 10.6. The summed E-state index contributed by atoms with van der Waals surface area (Å²) in [5, 5.41) is 9.75. The van der Waals surface area contributed by atoms with Gasteiger partial charge in [-0.1, -0.05) is 0 Å². The van der Waals surface area contributed by atoms with Crippen LogP contribution < -0.4 is 4.74 Å². The first-order chi connectivity index (χ1) is 14.5. The van der Waals surface area contributed by atoms with Gasteiger partial charge < -0.3 is 24.2 Å². The molecule has 1 amide bonds. The van der Waals surface area contributed by atoms with E-state index in [1.165, 1.54) is 17.4 Å². The number of carbonyl (C=O) groups excluding carboxylic acids is 1. The number of carboxylic acids is 1. The molecule has 1 aromatic carbocycles. The number of ether oxygens (including phenoxy) is 3. The molecular formula is C21H25FLiN2O6S. The van der Waals surface area contributed by atoms with Gasteiger partial charge in [0.25, 0.3) is 0 Å². The van der Waals surface area contributed by atoms with E-state index in [1.807, 2.05) is 6.92 Å². The van der Waals surface area contributed by atoms with E-state index >= 15 is 0 Å². The number of benzene rings is 1. The SMILES string of the molecule is Cc1cnc(-c2cc(OC[C@H]3CN(C(=O)OC(C)(C)C)CCO3)cc(C(=O)O)c2F)s1.[Li]. The molecule has 1 N–H and O–H groups in total. The molecule has 0 bridgehead atoms. The molecule has 1 saturated heterocycles. The van der Waals surface area contributed by atoms with Crippen LogP contribution in [0.2, 0.25) is 0 Å². The van der Waals surface area contributed by atoms with Crippen molar-refractivity contribution in [3.05, 3.63) is 34.6 Å². The van der Waals surface area contributed by atoms with Crippen molar-refractivity contribution in [2.24, 2.45) is 0 Å². The average molecular weight is 459 g/mol. The molecule has 1 radical (unpaired) electrons. The maximum absolute atomic E-state index is 14.7. The van der Waals surface area contributed by atoms with Gasteiger partial charge in [-0.2, -0.15) is 0 Å². The van der Waals surface area contributed by atoms with Crippen molar-refractivity contribution in [3.63, 3.8) is 0 Å². The molecule has 1 fully saturated rings. The fourth-order valence-electron chi connectivity index (χ4n) is 2.97. The van der Waals surface area contributed by atoms with Gasteiger partial charge in [-0.3, -0.25) is 0 Å². The molecule has 0 saturated carbocycles. The summed E-state index contributed by atoms with van der Waals surface area (Å²) in [7, 11) is 0. The van der Waals surface area contributed by atoms with Gasteiger partial charge in [-0.25, -0.2) is 19.0 Å². The van der Waals surface area contributed by atoms with Crippen LogP contribution in [0.5, 0.6) is 5.75 Å². The molecule has 1 aliphatic rings. The molecule has 0 unspecified atom stereocenters. The van der Waals surface area contributed by atoms with Gasteiger partial charge in [0.1, 0.15) is 34.9 Å². The molecule has 2 heterocycles. The molecule has 169 valence electrons. The third kappa shape index (κ3) is 6.69. The molecule has 3 rings (SSSR count). The van der Waals surface area contributed by atoms with E-state index in [2.05, 4.69) is 4.98 Å². The van der Waals surface area contributed by atoms with Crippen LogP contribution in [0.4, 0.5) is 9.18 Å². The predicted octanol–water partition coefficient (Wildman–Crippen LogP) is 3.59. The second kappa shape index (κ2) is 10.7. The van der Waals surface area contributed by atoms with Crippen molar-refractivity contribution in [1.29, 1.82) is 0 Å². The van der Waals surface area contributed by atoms with Crippen LogP contribution in [-0.2, 0) is 9.47 Å². The molecule has 1 atom stereocenters. The number of thiazole rings is 1. The van der Waals surface area contributed by atoms with Gasteiger partial charge in [-0.05, 0) is 39.8 Å².